The highest BCUT2D eigenvalue weighted by Crippen LogP contribution is 2.75. The highest BCUT2D eigenvalue weighted by atomic mass is 16.7. The minimum atomic E-state index is -1.68. The van der Waals surface area contributed by atoms with Crippen LogP contribution < -0.4 is 0 Å². The molecule has 4 aliphatic carbocycles. The molecule has 0 aromatic rings. The van der Waals surface area contributed by atoms with E-state index in [-0.39, 0.29) is 31.0 Å². The number of carbonyl (C=O) groups excluding carboxylic acids is 3. The predicted molar refractivity (Wildman–Crippen MR) is 143 cm³/mol. The zero-order chi connectivity index (χ0) is 30.1. The van der Waals surface area contributed by atoms with Crippen LogP contribution >= 0.6 is 0 Å². The molecule has 228 valence electrons. The molecule has 41 heavy (non-hydrogen) atoms. The number of epoxide rings is 2. The molecule has 0 unspecified atom stereocenters. The second-order valence-electron chi connectivity index (χ2n) is 14.4. The Morgan fingerprint density at radius 3 is 1.95 bits per heavy atom. The van der Waals surface area contributed by atoms with Gasteiger partial charge in [-0.05, 0) is 90.6 Å². The minimum absolute atomic E-state index is 0.0606. The summed E-state index contributed by atoms with van der Waals surface area (Å²) in [5, 5.41) is 25.1. The molecule has 2 N–H and O–H groups in total. The summed E-state index contributed by atoms with van der Waals surface area (Å²) in [6.45, 7) is 14.8. The summed E-state index contributed by atoms with van der Waals surface area (Å²) in [5.74, 6) is -2.19. The van der Waals surface area contributed by atoms with Gasteiger partial charge in [0.2, 0.25) is 0 Å². The van der Waals surface area contributed by atoms with Crippen molar-refractivity contribution in [1.29, 1.82) is 0 Å². The van der Waals surface area contributed by atoms with Gasteiger partial charge in [0.15, 0.2) is 11.2 Å². The summed E-state index contributed by atoms with van der Waals surface area (Å²) in [6.07, 6.45) is -1.51. The van der Waals surface area contributed by atoms with Gasteiger partial charge in [0.1, 0.15) is 12.2 Å². The Labute approximate surface area is 241 Å². The van der Waals surface area contributed by atoms with Crippen molar-refractivity contribution in [1.82, 2.24) is 0 Å². The third-order valence-corrected chi connectivity index (χ3v) is 12.8. The van der Waals surface area contributed by atoms with Crippen molar-refractivity contribution >= 4 is 17.9 Å². The van der Waals surface area contributed by atoms with E-state index in [4.69, 9.17) is 23.7 Å². The Morgan fingerprint density at radius 1 is 0.902 bits per heavy atom. The van der Waals surface area contributed by atoms with Crippen LogP contribution in [0.25, 0.3) is 0 Å². The van der Waals surface area contributed by atoms with Crippen LogP contribution in [0.1, 0.15) is 80.1 Å². The number of hydrogen-bond acceptors (Lipinski definition) is 10. The lowest BCUT2D eigenvalue weighted by Crippen LogP contribution is -2.78. The molecule has 10 nitrogen and oxygen atoms in total. The summed E-state index contributed by atoms with van der Waals surface area (Å²) in [5.41, 5.74) is -6.85. The van der Waals surface area contributed by atoms with Crippen molar-refractivity contribution in [3.8, 4) is 0 Å². The number of fused-ring (bicyclic) bond motifs is 3. The lowest BCUT2D eigenvalue weighted by molar-refractivity contribution is -0.332. The molecule has 13 atom stereocenters. The third kappa shape index (κ3) is 3.36. The van der Waals surface area contributed by atoms with Crippen LogP contribution in [0.2, 0.25) is 0 Å². The summed E-state index contributed by atoms with van der Waals surface area (Å²) >= 11 is 0. The van der Waals surface area contributed by atoms with Crippen molar-refractivity contribution in [3.63, 3.8) is 0 Å². The van der Waals surface area contributed by atoms with E-state index in [0.29, 0.717) is 31.3 Å². The van der Waals surface area contributed by atoms with Gasteiger partial charge < -0.3 is 33.9 Å². The standard InChI is InChI=1S/C31H44O10/c1-15-18-9-12-31(36)27(5)19(13-21(30(31,14-18)22(15)32)39-25(35)29(7)17(3)41-29)26(4,23(33)37-8)11-10-20(27)38-24(34)28(6)16(2)40-28/h16-22,32,36H,1,9-14H2,2-8H3/t16-,17-,18-,19-,20-,21+,22-,26-,27+,28+,29+,30-,31-/m1/s1. The minimum Gasteiger partial charge on any atom is -0.469 e. The van der Waals surface area contributed by atoms with Crippen LogP contribution in [0.5, 0.6) is 0 Å². The molecule has 0 radical (unpaired) electrons. The van der Waals surface area contributed by atoms with Crippen LogP contribution in [0.3, 0.4) is 0 Å². The average molecular weight is 577 g/mol. The molecule has 2 bridgehead atoms. The van der Waals surface area contributed by atoms with Crippen molar-refractivity contribution in [2.24, 2.45) is 28.1 Å². The van der Waals surface area contributed by atoms with Crippen molar-refractivity contribution in [3.05, 3.63) is 12.2 Å². The van der Waals surface area contributed by atoms with Crippen LogP contribution in [0.4, 0.5) is 0 Å². The van der Waals surface area contributed by atoms with E-state index in [1.807, 2.05) is 13.8 Å². The van der Waals surface area contributed by atoms with Gasteiger partial charge in [-0.3, -0.25) is 4.79 Å². The molecular weight excluding hydrogens is 532 g/mol. The normalized spacial score (nSPS) is 54.9. The second kappa shape index (κ2) is 8.55. The molecule has 6 rings (SSSR count). The van der Waals surface area contributed by atoms with E-state index in [9.17, 15) is 24.6 Å². The molecule has 2 saturated heterocycles. The number of esters is 3. The van der Waals surface area contributed by atoms with Crippen LogP contribution in [0, 0.1) is 28.1 Å². The highest BCUT2D eigenvalue weighted by Gasteiger charge is 2.81. The lowest BCUT2D eigenvalue weighted by atomic mass is 9.37. The van der Waals surface area contributed by atoms with Gasteiger partial charge >= 0.3 is 17.9 Å². The molecule has 2 heterocycles. The number of rotatable bonds is 5. The topological polar surface area (TPSA) is 144 Å². The zero-order valence-corrected chi connectivity index (χ0v) is 25.2. The molecule has 0 amide bonds. The second-order valence-corrected chi connectivity index (χ2v) is 14.4. The SMILES string of the molecule is C=C1[C@@H]2CC[C@@]3(O)[C@]4(C)[C@H](OC(=O)[C@@]5(C)O[C@@H]5C)CC[C@@](C)(C(=O)OC)[C@H]4C[C@H](OC(=O)[C@@]4(C)O[C@@H]4C)[C@]3(C2)[C@@H]1O. The monoisotopic (exact) mass is 576 g/mol. The first-order valence-electron chi connectivity index (χ1n) is 14.9. The van der Waals surface area contributed by atoms with Crippen molar-refractivity contribution < 1.29 is 48.3 Å². The Balaban J connectivity index is 1.49. The first-order chi connectivity index (χ1) is 19.0. The molecule has 0 aromatic carbocycles. The number of methoxy groups -OCH3 is 1. The Bertz CT molecular complexity index is 1220. The number of ether oxygens (including phenoxy) is 5. The Morgan fingerprint density at radius 2 is 1.44 bits per heavy atom. The van der Waals surface area contributed by atoms with E-state index < -0.39 is 75.2 Å². The van der Waals surface area contributed by atoms with E-state index in [2.05, 4.69) is 6.58 Å². The molecule has 4 saturated carbocycles. The number of aliphatic hydroxyl groups excluding tert-OH is 1. The summed E-state index contributed by atoms with van der Waals surface area (Å²) in [6, 6.07) is 0. The van der Waals surface area contributed by atoms with Gasteiger partial charge in [0.05, 0.1) is 41.9 Å². The van der Waals surface area contributed by atoms with E-state index in [1.165, 1.54) is 7.11 Å². The smallest absolute Gasteiger partial charge is 0.341 e. The largest absolute Gasteiger partial charge is 0.469 e. The molecule has 1 spiro atoms. The van der Waals surface area contributed by atoms with Gasteiger partial charge in [0, 0.05) is 5.41 Å². The van der Waals surface area contributed by atoms with Crippen molar-refractivity contribution in [2.45, 2.75) is 127 Å². The highest BCUT2D eigenvalue weighted by molar-refractivity contribution is 5.84. The van der Waals surface area contributed by atoms with E-state index >= 15 is 0 Å². The average Bonchev–Trinajstić information content (AvgIpc) is 3.75. The first-order valence-corrected chi connectivity index (χ1v) is 14.9. The fourth-order valence-corrected chi connectivity index (χ4v) is 9.52. The molecule has 6 fully saturated rings. The van der Waals surface area contributed by atoms with Crippen molar-refractivity contribution in [2.75, 3.05) is 7.11 Å². The molecule has 10 heteroatoms. The third-order valence-electron chi connectivity index (χ3n) is 12.8. The van der Waals surface area contributed by atoms with E-state index in [1.54, 1.807) is 27.7 Å². The lowest BCUT2D eigenvalue weighted by Gasteiger charge is -2.70. The molecule has 0 aromatic heterocycles. The Hall–Kier alpha value is -2.01. The molecular formula is C31H44O10. The number of carbonyl (C=O) groups is 3. The van der Waals surface area contributed by atoms with Gasteiger partial charge in [-0.25, -0.2) is 9.59 Å². The number of aliphatic hydroxyl groups is 2. The van der Waals surface area contributed by atoms with Gasteiger partial charge in [-0.1, -0.05) is 13.5 Å². The molecule has 6 aliphatic rings. The van der Waals surface area contributed by atoms with Gasteiger partial charge in [-0.15, -0.1) is 0 Å². The Kier molecular flexibility index (Phi) is 6.06. The quantitative estimate of drug-likeness (QED) is 0.217. The van der Waals surface area contributed by atoms with Gasteiger partial charge in [0.25, 0.3) is 0 Å². The predicted octanol–water partition coefficient (Wildman–Crippen LogP) is 2.61. The fraction of sp³-hybridized carbons (Fsp3) is 0.839. The fourth-order valence-electron chi connectivity index (χ4n) is 9.52. The van der Waals surface area contributed by atoms with Gasteiger partial charge in [-0.2, -0.15) is 0 Å². The summed E-state index contributed by atoms with van der Waals surface area (Å²) in [7, 11) is 1.34. The summed E-state index contributed by atoms with van der Waals surface area (Å²) in [4.78, 5) is 40.4. The maximum Gasteiger partial charge on any atom is 0.341 e. The van der Waals surface area contributed by atoms with E-state index in [0.717, 1.165) is 0 Å². The summed E-state index contributed by atoms with van der Waals surface area (Å²) < 4.78 is 28.9. The molecule has 2 aliphatic heterocycles. The van der Waals surface area contributed by atoms with Crippen LogP contribution in [-0.2, 0) is 38.1 Å². The maximum atomic E-state index is 13.5. The number of hydrogen-bond donors (Lipinski definition) is 2. The zero-order valence-electron chi connectivity index (χ0n) is 25.2. The van der Waals surface area contributed by atoms with Crippen LogP contribution in [0.15, 0.2) is 12.2 Å². The maximum absolute atomic E-state index is 13.5. The van der Waals surface area contributed by atoms with Crippen LogP contribution in [-0.4, -0.2) is 82.6 Å². The first kappa shape index (κ1) is 29.1.